The summed E-state index contributed by atoms with van der Waals surface area (Å²) in [7, 11) is 1.96. The Balaban J connectivity index is 2.15. The molecule has 3 rings (SSSR count). The third-order valence-corrected chi connectivity index (χ3v) is 3.18. The largest absolute Gasteiger partial charge is 0.383 e. The zero-order valence-corrected chi connectivity index (χ0v) is 9.48. The average Bonchev–Trinajstić information content (AvgIpc) is 2.95. The van der Waals surface area contributed by atoms with E-state index in [4.69, 9.17) is 0 Å². The third kappa shape index (κ3) is 1.33. The molecule has 1 saturated heterocycles. The lowest BCUT2D eigenvalue weighted by Crippen LogP contribution is -2.19. The summed E-state index contributed by atoms with van der Waals surface area (Å²) in [6.45, 7) is 2.25. The van der Waals surface area contributed by atoms with Crippen molar-refractivity contribution in [3.05, 3.63) is 24.4 Å². The van der Waals surface area contributed by atoms with Crippen LogP contribution in [0, 0.1) is 0 Å². The van der Waals surface area contributed by atoms with Gasteiger partial charge in [-0.1, -0.05) is 6.07 Å². The predicted molar refractivity (Wildman–Crippen MR) is 66.2 cm³/mol. The van der Waals surface area contributed by atoms with Gasteiger partial charge in [0.1, 0.15) is 5.69 Å². The molecule has 1 aliphatic rings. The topological polar surface area (TPSA) is 32.6 Å². The summed E-state index contributed by atoms with van der Waals surface area (Å²) >= 11 is 0. The molecule has 0 bridgehead atoms. The van der Waals surface area contributed by atoms with Crippen LogP contribution >= 0.6 is 0 Å². The van der Waals surface area contributed by atoms with Crippen molar-refractivity contribution < 1.29 is 0 Å². The van der Waals surface area contributed by atoms with Crippen LogP contribution in [0.3, 0.4) is 0 Å². The molecule has 1 aliphatic heterocycles. The second kappa shape index (κ2) is 3.70. The molecule has 0 aliphatic carbocycles. The fourth-order valence-electron chi connectivity index (χ4n) is 2.38. The fourth-order valence-corrected chi connectivity index (χ4v) is 2.38. The van der Waals surface area contributed by atoms with Gasteiger partial charge < -0.3 is 10.2 Å². The van der Waals surface area contributed by atoms with Crippen molar-refractivity contribution >= 4 is 17.0 Å². The Hall–Kier alpha value is -1.71. The highest BCUT2D eigenvalue weighted by Gasteiger charge is 2.20. The summed E-state index contributed by atoms with van der Waals surface area (Å²) in [6, 6.07) is 6.15. The monoisotopic (exact) mass is 216 g/mol. The van der Waals surface area contributed by atoms with Crippen molar-refractivity contribution in [2.75, 3.05) is 30.4 Å². The number of nitrogens with one attached hydrogen (secondary N) is 1. The van der Waals surface area contributed by atoms with Crippen LogP contribution < -0.4 is 10.2 Å². The molecule has 3 heterocycles. The molecule has 1 fully saturated rings. The molecule has 2 aromatic rings. The minimum Gasteiger partial charge on any atom is -0.383 e. The number of hydrogen-bond acceptors (Lipinski definition) is 3. The summed E-state index contributed by atoms with van der Waals surface area (Å²) in [4.78, 5) is 2.36. The van der Waals surface area contributed by atoms with Crippen LogP contribution in [0.2, 0.25) is 0 Å². The molecular weight excluding hydrogens is 200 g/mol. The molecule has 0 radical (unpaired) electrons. The molecule has 2 aromatic heterocycles. The fraction of sp³-hybridized carbons (Fsp3) is 0.417. The van der Waals surface area contributed by atoms with E-state index in [1.807, 2.05) is 29.9 Å². The van der Waals surface area contributed by atoms with Crippen LogP contribution in [0.15, 0.2) is 24.4 Å². The standard InChI is InChI=1S/C12H16N4/c1-13-11-10-6-2-3-9-16(10)14-12(11)15-7-4-5-8-15/h2-3,6,9,13H,4-5,7-8H2,1H3. The first kappa shape index (κ1) is 9.51. The summed E-state index contributed by atoms with van der Waals surface area (Å²) < 4.78 is 1.94. The average molecular weight is 216 g/mol. The van der Waals surface area contributed by atoms with Crippen molar-refractivity contribution in [3.8, 4) is 0 Å². The maximum Gasteiger partial charge on any atom is 0.175 e. The van der Waals surface area contributed by atoms with Gasteiger partial charge >= 0.3 is 0 Å². The lowest BCUT2D eigenvalue weighted by molar-refractivity contribution is 0.885. The van der Waals surface area contributed by atoms with E-state index in [0.29, 0.717) is 0 Å². The molecule has 0 unspecified atom stereocenters. The Kier molecular flexibility index (Phi) is 2.20. The van der Waals surface area contributed by atoms with Gasteiger partial charge in [-0.05, 0) is 25.0 Å². The molecule has 0 atom stereocenters. The summed E-state index contributed by atoms with van der Waals surface area (Å²) in [5, 5.41) is 7.92. The smallest absolute Gasteiger partial charge is 0.175 e. The molecule has 0 saturated carbocycles. The SMILES string of the molecule is CNc1c(N2CCCC2)nn2ccccc12. The summed E-state index contributed by atoms with van der Waals surface area (Å²) in [5.74, 6) is 1.09. The molecule has 4 heteroatoms. The van der Waals surface area contributed by atoms with Gasteiger partial charge in [0, 0.05) is 26.3 Å². The van der Waals surface area contributed by atoms with Crippen molar-refractivity contribution in [1.82, 2.24) is 9.61 Å². The highest BCUT2D eigenvalue weighted by molar-refractivity contribution is 5.83. The Morgan fingerprint density at radius 2 is 2.06 bits per heavy atom. The van der Waals surface area contributed by atoms with Crippen LogP contribution in [0.1, 0.15) is 12.8 Å². The molecule has 84 valence electrons. The lowest BCUT2D eigenvalue weighted by Gasteiger charge is -2.15. The quantitative estimate of drug-likeness (QED) is 0.833. The predicted octanol–water partition coefficient (Wildman–Crippen LogP) is 1.98. The Bertz CT molecular complexity index is 497. The number of aromatic nitrogens is 2. The first-order valence-electron chi connectivity index (χ1n) is 5.80. The van der Waals surface area contributed by atoms with Gasteiger partial charge in [-0.3, -0.25) is 0 Å². The minimum atomic E-state index is 1.09. The molecular formula is C12H16N4. The van der Waals surface area contributed by atoms with E-state index in [0.717, 1.165) is 30.1 Å². The van der Waals surface area contributed by atoms with Crippen LogP contribution in [-0.4, -0.2) is 29.8 Å². The van der Waals surface area contributed by atoms with Gasteiger partial charge in [0.05, 0.1) is 5.52 Å². The number of nitrogens with zero attached hydrogens (tertiary/aromatic N) is 3. The maximum atomic E-state index is 4.65. The van der Waals surface area contributed by atoms with Crippen molar-refractivity contribution in [3.63, 3.8) is 0 Å². The molecule has 16 heavy (non-hydrogen) atoms. The van der Waals surface area contributed by atoms with Gasteiger partial charge in [-0.15, -0.1) is 5.10 Å². The second-order valence-corrected chi connectivity index (χ2v) is 4.17. The second-order valence-electron chi connectivity index (χ2n) is 4.17. The van der Waals surface area contributed by atoms with E-state index < -0.39 is 0 Å². The van der Waals surface area contributed by atoms with E-state index in [9.17, 15) is 0 Å². The summed E-state index contributed by atoms with van der Waals surface area (Å²) in [5.41, 5.74) is 2.29. The zero-order chi connectivity index (χ0) is 11.0. The molecule has 0 aromatic carbocycles. The highest BCUT2D eigenvalue weighted by atomic mass is 15.3. The van der Waals surface area contributed by atoms with Crippen LogP contribution in [-0.2, 0) is 0 Å². The zero-order valence-electron chi connectivity index (χ0n) is 9.48. The number of rotatable bonds is 2. The molecule has 1 N–H and O–H groups in total. The van der Waals surface area contributed by atoms with Gasteiger partial charge in [0.15, 0.2) is 5.82 Å². The first-order chi connectivity index (χ1) is 7.90. The number of hydrogen-bond donors (Lipinski definition) is 1. The van der Waals surface area contributed by atoms with Crippen molar-refractivity contribution in [1.29, 1.82) is 0 Å². The number of pyridine rings is 1. The molecule has 0 spiro atoms. The van der Waals surface area contributed by atoms with E-state index >= 15 is 0 Å². The van der Waals surface area contributed by atoms with Crippen LogP contribution in [0.5, 0.6) is 0 Å². The van der Waals surface area contributed by atoms with Gasteiger partial charge in [0.25, 0.3) is 0 Å². The number of fused-ring (bicyclic) bond motifs is 1. The third-order valence-electron chi connectivity index (χ3n) is 3.18. The van der Waals surface area contributed by atoms with Gasteiger partial charge in [-0.2, -0.15) is 0 Å². The summed E-state index contributed by atoms with van der Waals surface area (Å²) in [6.07, 6.45) is 4.55. The molecule has 0 amide bonds. The van der Waals surface area contributed by atoms with E-state index in [1.165, 1.54) is 12.8 Å². The van der Waals surface area contributed by atoms with Crippen LogP contribution in [0.25, 0.3) is 5.52 Å². The highest BCUT2D eigenvalue weighted by Crippen LogP contribution is 2.31. The Morgan fingerprint density at radius 1 is 1.25 bits per heavy atom. The maximum absolute atomic E-state index is 4.65. The van der Waals surface area contributed by atoms with E-state index in [-0.39, 0.29) is 0 Å². The van der Waals surface area contributed by atoms with E-state index in [2.05, 4.69) is 21.4 Å². The lowest BCUT2D eigenvalue weighted by atomic mass is 10.3. The minimum absolute atomic E-state index is 1.09. The normalized spacial score (nSPS) is 15.9. The molecule has 4 nitrogen and oxygen atoms in total. The number of anilines is 2. The van der Waals surface area contributed by atoms with Crippen molar-refractivity contribution in [2.24, 2.45) is 0 Å². The van der Waals surface area contributed by atoms with Crippen molar-refractivity contribution in [2.45, 2.75) is 12.8 Å². The Morgan fingerprint density at radius 3 is 2.81 bits per heavy atom. The van der Waals surface area contributed by atoms with E-state index in [1.54, 1.807) is 0 Å². The Labute approximate surface area is 94.9 Å². The first-order valence-corrected chi connectivity index (χ1v) is 5.80. The van der Waals surface area contributed by atoms with Crippen LogP contribution in [0.4, 0.5) is 11.5 Å². The van der Waals surface area contributed by atoms with Gasteiger partial charge in [0.2, 0.25) is 0 Å². The van der Waals surface area contributed by atoms with Gasteiger partial charge in [-0.25, -0.2) is 4.52 Å².